The molecule has 2 nitrogen and oxygen atoms in total. The lowest BCUT2D eigenvalue weighted by Gasteiger charge is -2.54. The van der Waals surface area contributed by atoms with E-state index in [0.29, 0.717) is 17.0 Å². The Kier molecular flexibility index (Phi) is 3.46. The first-order valence-electron chi connectivity index (χ1n) is 8.43. The smallest absolute Gasteiger partial charge is 0.0309 e. The minimum absolute atomic E-state index is 0.389. The van der Waals surface area contributed by atoms with Crippen LogP contribution in [0.1, 0.15) is 66.2 Å². The first kappa shape index (κ1) is 13.9. The van der Waals surface area contributed by atoms with Crippen LogP contribution < -0.4 is 5.32 Å². The van der Waals surface area contributed by atoms with Crippen LogP contribution in [0.15, 0.2) is 0 Å². The fraction of sp³-hybridized carbons (Fsp3) is 1.00. The molecule has 0 bridgehead atoms. The van der Waals surface area contributed by atoms with Gasteiger partial charge in [-0.15, -0.1) is 0 Å². The highest BCUT2D eigenvalue weighted by Gasteiger charge is 2.48. The summed E-state index contributed by atoms with van der Waals surface area (Å²) in [6.07, 6.45) is 8.58. The van der Waals surface area contributed by atoms with Crippen LogP contribution in [0.2, 0.25) is 0 Å². The Labute approximate surface area is 119 Å². The molecule has 3 fully saturated rings. The Morgan fingerprint density at radius 1 is 1.05 bits per heavy atom. The summed E-state index contributed by atoms with van der Waals surface area (Å²) in [5.74, 6) is 0.939. The van der Waals surface area contributed by atoms with Gasteiger partial charge in [-0.2, -0.15) is 0 Å². The Hall–Kier alpha value is -0.0800. The third-order valence-electron chi connectivity index (χ3n) is 6.21. The molecule has 3 atom stereocenters. The van der Waals surface area contributed by atoms with Gasteiger partial charge in [0.2, 0.25) is 0 Å². The SMILES string of the molecule is CC1CNC(C)(C2CC2)CN1C1CCCCC1(C)C. The first-order valence-corrected chi connectivity index (χ1v) is 8.43. The summed E-state index contributed by atoms with van der Waals surface area (Å²) in [5.41, 5.74) is 0.897. The maximum Gasteiger partial charge on any atom is 0.0309 e. The standard InChI is InChI=1S/C17H32N2/c1-13-11-18-17(4,14-8-9-14)12-19(13)15-7-5-6-10-16(15,2)3/h13-15,18H,5-12H2,1-4H3. The van der Waals surface area contributed by atoms with E-state index < -0.39 is 0 Å². The minimum Gasteiger partial charge on any atom is -0.308 e. The highest BCUT2D eigenvalue weighted by molar-refractivity contribution is 5.06. The van der Waals surface area contributed by atoms with Gasteiger partial charge in [-0.1, -0.05) is 26.7 Å². The van der Waals surface area contributed by atoms with Crippen LogP contribution >= 0.6 is 0 Å². The zero-order valence-electron chi connectivity index (χ0n) is 13.3. The fourth-order valence-corrected chi connectivity index (χ4v) is 4.59. The summed E-state index contributed by atoms with van der Waals surface area (Å²) in [7, 11) is 0. The van der Waals surface area contributed by atoms with Gasteiger partial charge in [-0.25, -0.2) is 0 Å². The molecular weight excluding hydrogens is 232 g/mol. The third-order valence-corrected chi connectivity index (χ3v) is 6.21. The highest BCUT2D eigenvalue weighted by atomic mass is 15.3. The number of nitrogens with one attached hydrogen (secondary N) is 1. The van der Waals surface area contributed by atoms with Crippen molar-refractivity contribution in [1.29, 1.82) is 0 Å². The van der Waals surface area contributed by atoms with Crippen LogP contribution in [0.5, 0.6) is 0 Å². The number of hydrogen-bond acceptors (Lipinski definition) is 2. The van der Waals surface area contributed by atoms with Gasteiger partial charge in [0.1, 0.15) is 0 Å². The molecule has 19 heavy (non-hydrogen) atoms. The zero-order chi connectivity index (χ0) is 13.7. The maximum absolute atomic E-state index is 3.86. The zero-order valence-corrected chi connectivity index (χ0v) is 13.3. The van der Waals surface area contributed by atoms with Gasteiger partial charge >= 0.3 is 0 Å². The second-order valence-corrected chi connectivity index (χ2v) is 8.34. The summed E-state index contributed by atoms with van der Waals surface area (Å²) in [6.45, 7) is 12.3. The second-order valence-electron chi connectivity index (χ2n) is 8.34. The summed E-state index contributed by atoms with van der Waals surface area (Å²) < 4.78 is 0. The highest BCUT2D eigenvalue weighted by Crippen LogP contribution is 2.45. The van der Waals surface area contributed by atoms with Gasteiger partial charge in [0.15, 0.2) is 0 Å². The molecule has 0 radical (unpaired) electrons. The normalized spacial score (nSPS) is 44.2. The molecule has 1 saturated heterocycles. The molecule has 2 heteroatoms. The van der Waals surface area contributed by atoms with E-state index in [2.05, 4.69) is 37.9 Å². The van der Waals surface area contributed by atoms with Gasteiger partial charge in [-0.3, -0.25) is 4.90 Å². The van der Waals surface area contributed by atoms with E-state index in [9.17, 15) is 0 Å². The van der Waals surface area contributed by atoms with Crippen molar-refractivity contribution in [2.75, 3.05) is 13.1 Å². The van der Waals surface area contributed by atoms with Crippen LogP contribution in [0, 0.1) is 11.3 Å². The van der Waals surface area contributed by atoms with Gasteiger partial charge < -0.3 is 5.32 Å². The molecule has 1 aliphatic heterocycles. The molecule has 1 heterocycles. The third kappa shape index (κ3) is 2.58. The molecule has 0 aromatic heterocycles. The molecule has 0 aromatic rings. The van der Waals surface area contributed by atoms with E-state index >= 15 is 0 Å². The Morgan fingerprint density at radius 3 is 2.42 bits per heavy atom. The summed E-state index contributed by atoms with van der Waals surface area (Å²) >= 11 is 0. The molecular formula is C17H32N2. The van der Waals surface area contributed by atoms with E-state index in [1.54, 1.807) is 0 Å². The first-order chi connectivity index (χ1) is 8.92. The number of rotatable bonds is 2. The number of piperazine rings is 1. The molecule has 3 rings (SSSR count). The Balaban J connectivity index is 1.77. The van der Waals surface area contributed by atoms with Gasteiger partial charge in [-0.05, 0) is 50.9 Å². The van der Waals surface area contributed by atoms with Crippen LogP contribution in [-0.2, 0) is 0 Å². The molecule has 0 aromatic carbocycles. The summed E-state index contributed by atoms with van der Waals surface area (Å²) in [5, 5.41) is 3.86. The van der Waals surface area contributed by atoms with E-state index in [1.165, 1.54) is 51.6 Å². The van der Waals surface area contributed by atoms with Crippen LogP contribution in [0.25, 0.3) is 0 Å². The predicted molar refractivity (Wildman–Crippen MR) is 81.3 cm³/mol. The lowest BCUT2D eigenvalue weighted by Crippen LogP contribution is -2.67. The average molecular weight is 264 g/mol. The van der Waals surface area contributed by atoms with Crippen molar-refractivity contribution in [2.45, 2.75) is 83.8 Å². The average Bonchev–Trinajstić information content (AvgIpc) is 3.17. The van der Waals surface area contributed by atoms with Gasteiger partial charge in [0.05, 0.1) is 0 Å². The van der Waals surface area contributed by atoms with Gasteiger partial charge in [0, 0.05) is 30.7 Å². The van der Waals surface area contributed by atoms with Crippen LogP contribution in [0.3, 0.4) is 0 Å². The number of nitrogens with zero attached hydrogens (tertiary/aromatic N) is 1. The molecule has 0 spiro atoms. The van der Waals surface area contributed by atoms with Gasteiger partial charge in [0.25, 0.3) is 0 Å². The predicted octanol–water partition coefficient (Wildman–Crippen LogP) is 3.42. The van der Waals surface area contributed by atoms with Crippen molar-refractivity contribution in [3.05, 3.63) is 0 Å². The van der Waals surface area contributed by atoms with E-state index in [-0.39, 0.29) is 0 Å². The van der Waals surface area contributed by atoms with Crippen LogP contribution in [-0.4, -0.2) is 35.6 Å². The van der Waals surface area contributed by atoms with Crippen molar-refractivity contribution < 1.29 is 0 Å². The van der Waals surface area contributed by atoms with E-state index in [0.717, 1.165) is 12.0 Å². The van der Waals surface area contributed by atoms with Crippen molar-refractivity contribution in [3.63, 3.8) is 0 Å². The quantitative estimate of drug-likeness (QED) is 0.822. The summed E-state index contributed by atoms with van der Waals surface area (Å²) in [6, 6.07) is 1.51. The van der Waals surface area contributed by atoms with Crippen molar-refractivity contribution in [2.24, 2.45) is 11.3 Å². The molecule has 0 amide bonds. The minimum atomic E-state index is 0.389. The van der Waals surface area contributed by atoms with Crippen molar-refractivity contribution in [1.82, 2.24) is 10.2 Å². The Bertz CT molecular complexity index is 334. The maximum atomic E-state index is 3.86. The van der Waals surface area contributed by atoms with E-state index in [1.807, 2.05) is 0 Å². The summed E-state index contributed by atoms with van der Waals surface area (Å²) in [4.78, 5) is 2.87. The molecule has 2 saturated carbocycles. The second kappa shape index (κ2) is 4.73. The lowest BCUT2D eigenvalue weighted by molar-refractivity contribution is -0.0222. The molecule has 2 aliphatic carbocycles. The van der Waals surface area contributed by atoms with E-state index in [4.69, 9.17) is 0 Å². The largest absolute Gasteiger partial charge is 0.308 e. The molecule has 3 unspecified atom stereocenters. The van der Waals surface area contributed by atoms with Crippen molar-refractivity contribution in [3.8, 4) is 0 Å². The fourth-order valence-electron chi connectivity index (χ4n) is 4.59. The molecule has 1 N–H and O–H groups in total. The topological polar surface area (TPSA) is 15.3 Å². The lowest BCUT2D eigenvalue weighted by atomic mass is 9.71. The van der Waals surface area contributed by atoms with Crippen LogP contribution in [0.4, 0.5) is 0 Å². The Morgan fingerprint density at radius 2 is 1.79 bits per heavy atom. The molecule has 3 aliphatic rings. The van der Waals surface area contributed by atoms with Crippen molar-refractivity contribution >= 4 is 0 Å². The monoisotopic (exact) mass is 264 g/mol. The number of hydrogen-bond donors (Lipinski definition) is 1. The molecule has 110 valence electrons.